The summed E-state index contributed by atoms with van der Waals surface area (Å²) in [5.74, 6) is 0.862. The molecule has 1 aliphatic rings. The molecule has 0 unspecified atom stereocenters. The van der Waals surface area contributed by atoms with Crippen molar-refractivity contribution in [3.05, 3.63) is 12.3 Å². The molecular formula is C6H8N2O. The second-order valence-electron chi connectivity index (χ2n) is 2.02. The summed E-state index contributed by atoms with van der Waals surface area (Å²) in [6, 6.07) is 1.92. The molecular weight excluding hydrogens is 116 g/mol. The maximum Gasteiger partial charge on any atom is 0.216 e. The monoisotopic (exact) mass is 124 g/mol. The third-order valence-corrected chi connectivity index (χ3v) is 1.39. The van der Waals surface area contributed by atoms with Crippen LogP contribution < -0.4 is 10.6 Å². The zero-order valence-electron chi connectivity index (χ0n) is 4.98. The van der Waals surface area contributed by atoms with Gasteiger partial charge in [-0.2, -0.15) is 0 Å². The minimum absolute atomic E-state index is 0.862. The number of anilines is 2. The van der Waals surface area contributed by atoms with Crippen molar-refractivity contribution in [2.45, 2.75) is 0 Å². The van der Waals surface area contributed by atoms with Gasteiger partial charge < -0.3 is 15.1 Å². The lowest BCUT2D eigenvalue weighted by Gasteiger charge is -2.13. The number of hydrogen-bond acceptors (Lipinski definition) is 3. The minimum Gasteiger partial charge on any atom is -0.447 e. The molecule has 1 aromatic rings. The molecule has 3 heteroatoms. The number of nitrogens with one attached hydrogen (secondary N) is 2. The van der Waals surface area contributed by atoms with Crippen molar-refractivity contribution in [1.29, 1.82) is 0 Å². The zero-order valence-corrected chi connectivity index (χ0v) is 4.98. The Morgan fingerprint density at radius 1 is 1.33 bits per heavy atom. The van der Waals surface area contributed by atoms with Crippen LogP contribution in [0.2, 0.25) is 0 Å². The fourth-order valence-electron chi connectivity index (χ4n) is 0.959. The molecule has 0 aromatic carbocycles. The van der Waals surface area contributed by atoms with Gasteiger partial charge in [0.1, 0.15) is 0 Å². The highest BCUT2D eigenvalue weighted by Gasteiger charge is 2.08. The first kappa shape index (κ1) is 4.73. The van der Waals surface area contributed by atoms with E-state index in [-0.39, 0.29) is 0 Å². The summed E-state index contributed by atoms with van der Waals surface area (Å²) in [6.45, 7) is 1.92. The van der Waals surface area contributed by atoms with Crippen LogP contribution in [0.4, 0.5) is 11.6 Å². The van der Waals surface area contributed by atoms with Crippen molar-refractivity contribution in [1.82, 2.24) is 0 Å². The highest BCUT2D eigenvalue weighted by atomic mass is 16.3. The Kier molecular flexibility index (Phi) is 0.886. The Morgan fingerprint density at radius 3 is 3.11 bits per heavy atom. The van der Waals surface area contributed by atoms with E-state index in [4.69, 9.17) is 4.42 Å². The minimum atomic E-state index is 0.862. The highest BCUT2D eigenvalue weighted by Crippen LogP contribution is 2.24. The van der Waals surface area contributed by atoms with Crippen LogP contribution in [-0.2, 0) is 0 Å². The molecule has 0 saturated heterocycles. The third-order valence-electron chi connectivity index (χ3n) is 1.39. The molecule has 0 saturated carbocycles. The molecule has 1 aromatic heterocycles. The van der Waals surface area contributed by atoms with Crippen LogP contribution >= 0.6 is 0 Å². The van der Waals surface area contributed by atoms with Crippen molar-refractivity contribution in [2.24, 2.45) is 0 Å². The van der Waals surface area contributed by atoms with E-state index in [9.17, 15) is 0 Å². The molecule has 2 N–H and O–H groups in total. The van der Waals surface area contributed by atoms with Gasteiger partial charge in [-0.15, -0.1) is 0 Å². The Morgan fingerprint density at radius 2 is 2.22 bits per heavy atom. The predicted molar refractivity (Wildman–Crippen MR) is 35.7 cm³/mol. The Labute approximate surface area is 53.0 Å². The SMILES string of the molecule is c1cc2c(o1)NCCN2. The van der Waals surface area contributed by atoms with Crippen molar-refractivity contribution < 1.29 is 4.42 Å². The highest BCUT2D eigenvalue weighted by molar-refractivity contribution is 5.64. The van der Waals surface area contributed by atoms with E-state index < -0.39 is 0 Å². The van der Waals surface area contributed by atoms with Crippen LogP contribution in [0.15, 0.2) is 16.7 Å². The molecule has 3 nitrogen and oxygen atoms in total. The largest absolute Gasteiger partial charge is 0.447 e. The fourth-order valence-corrected chi connectivity index (χ4v) is 0.959. The molecule has 2 rings (SSSR count). The van der Waals surface area contributed by atoms with Crippen LogP contribution in [0.25, 0.3) is 0 Å². The van der Waals surface area contributed by atoms with E-state index in [0.29, 0.717) is 0 Å². The molecule has 0 fully saturated rings. The first-order chi connectivity index (χ1) is 4.47. The first-order valence-corrected chi connectivity index (χ1v) is 3.02. The van der Waals surface area contributed by atoms with Crippen molar-refractivity contribution in [2.75, 3.05) is 23.7 Å². The molecule has 2 heterocycles. The molecule has 9 heavy (non-hydrogen) atoms. The zero-order chi connectivity index (χ0) is 6.10. The lowest BCUT2D eigenvalue weighted by atomic mass is 10.4. The third kappa shape index (κ3) is 0.650. The van der Waals surface area contributed by atoms with Crippen LogP contribution in [0, 0.1) is 0 Å². The van der Waals surface area contributed by atoms with E-state index in [2.05, 4.69) is 10.6 Å². The summed E-state index contributed by atoms with van der Waals surface area (Å²) >= 11 is 0. The second-order valence-corrected chi connectivity index (χ2v) is 2.02. The maximum atomic E-state index is 5.08. The van der Waals surface area contributed by atoms with Gasteiger partial charge in [0.25, 0.3) is 0 Å². The fraction of sp³-hybridized carbons (Fsp3) is 0.333. The topological polar surface area (TPSA) is 37.2 Å². The summed E-state index contributed by atoms with van der Waals surface area (Å²) < 4.78 is 5.08. The lowest BCUT2D eigenvalue weighted by molar-refractivity contribution is 0.578. The van der Waals surface area contributed by atoms with Gasteiger partial charge in [0.15, 0.2) is 0 Å². The van der Waals surface area contributed by atoms with Gasteiger partial charge >= 0.3 is 0 Å². The van der Waals surface area contributed by atoms with Gasteiger partial charge in [0.2, 0.25) is 5.88 Å². The number of rotatable bonds is 0. The average Bonchev–Trinajstić information content (AvgIpc) is 2.33. The van der Waals surface area contributed by atoms with Gasteiger partial charge in [-0.25, -0.2) is 0 Å². The van der Waals surface area contributed by atoms with Crippen molar-refractivity contribution >= 4 is 11.6 Å². The molecule has 0 spiro atoms. The number of fused-ring (bicyclic) bond motifs is 1. The Balaban J connectivity index is 2.39. The molecule has 0 bridgehead atoms. The van der Waals surface area contributed by atoms with Crippen LogP contribution in [0.1, 0.15) is 0 Å². The summed E-state index contributed by atoms with van der Waals surface area (Å²) in [6.07, 6.45) is 1.68. The van der Waals surface area contributed by atoms with Crippen molar-refractivity contribution in [3.8, 4) is 0 Å². The standard InChI is InChI=1S/C6H8N2O/c1-4-9-6-5(1)7-2-3-8-6/h1,4,7-8H,2-3H2. The molecule has 1 aliphatic heterocycles. The van der Waals surface area contributed by atoms with Crippen LogP contribution in [-0.4, -0.2) is 13.1 Å². The first-order valence-electron chi connectivity index (χ1n) is 3.02. The van der Waals surface area contributed by atoms with E-state index in [1.165, 1.54) is 0 Å². The van der Waals surface area contributed by atoms with E-state index >= 15 is 0 Å². The summed E-state index contributed by atoms with van der Waals surface area (Å²) in [5.41, 5.74) is 1.07. The van der Waals surface area contributed by atoms with E-state index in [1.807, 2.05) is 6.07 Å². The summed E-state index contributed by atoms with van der Waals surface area (Å²) in [7, 11) is 0. The Hall–Kier alpha value is -1.12. The van der Waals surface area contributed by atoms with Gasteiger partial charge in [0.05, 0.1) is 12.0 Å². The smallest absolute Gasteiger partial charge is 0.216 e. The van der Waals surface area contributed by atoms with Crippen LogP contribution in [0.5, 0.6) is 0 Å². The quantitative estimate of drug-likeness (QED) is 0.544. The van der Waals surface area contributed by atoms with Gasteiger partial charge in [-0.3, -0.25) is 0 Å². The average molecular weight is 124 g/mol. The predicted octanol–water partition coefficient (Wildman–Crippen LogP) is 1.12. The van der Waals surface area contributed by atoms with Gasteiger partial charge in [-0.05, 0) is 0 Å². The molecule has 0 radical (unpaired) electrons. The van der Waals surface area contributed by atoms with E-state index in [1.54, 1.807) is 6.26 Å². The summed E-state index contributed by atoms with van der Waals surface area (Å²) in [5, 5.41) is 6.30. The van der Waals surface area contributed by atoms with Gasteiger partial charge in [0, 0.05) is 19.2 Å². The number of furan rings is 1. The molecule has 0 aliphatic carbocycles. The molecule has 48 valence electrons. The molecule has 0 amide bonds. The summed E-state index contributed by atoms with van der Waals surface area (Å²) in [4.78, 5) is 0. The van der Waals surface area contributed by atoms with E-state index in [0.717, 1.165) is 24.7 Å². The normalized spacial score (nSPS) is 15.6. The molecule has 0 atom stereocenters. The Bertz CT molecular complexity index is 186. The van der Waals surface area contributed by atoms with Crippen LogP contribution in [0.3, 0.4) is 0 Å². The number of hydrogen-bond donors (Lipinski definition) is 2. The maximum absolute atomic E-state index is 5.08. The second kappa shape index (κ2) is 1.69. The van der Waals surface area contributed by atoms with Gasteiger partial charge in [-0.1, -0.05) is 0 Å². The lowest BCUT2D eigenvalue weighted by Crippen LogP contribution is -2.18. The van der Waals surface area contributed by atoms with Crippen molar-refractivity contribution in [3.63, 3.8) is 0 Å².